The number of nitrogens with one attached hydrogen (secondary N) is 2. The van der Waals surface area contributed by atoms with Gasteiger partial charge in [-0.1, -0.05) is 31.9 Å². The Hall–Kier alpha value is -0.590. The second-order valence-electron chi connectivity index (χ2n) is 4.84. The molecule has 0 aliphatic carbocycles. The van der Waals surface area contributed by atoms with Gasteiger partial charge in [0.1, 0.15) is 0 Å². The van der Waals surface area contributed by atoms with Crippen LogP contribution in [0.15, 0.2) is 21.4 Å². The van der Waals surface area contributed by atoms with Gasteiger partial charge in [0.05, 0.1) is 17.1 Å². The standard InChI is InChI=1S/C13H14Br2N2O2/c14-9(4-7-2-1-3-19-7)8-5-11-12(6-10(8)15)17-13(18)16-11/h5-7,9H,1-4H2,(H2,16,17,18). The average molecular weight is 390 g/mol. The predicted octanol–water partition coefficient (Wildman–Crippen LogP) is 3.62. The number of benzene rings is 1. The predicted molar refractivity (Wildman–Crippen MR) is 81.9 cm³/mol. The molecule has 102 valence electrons. The van der Waals surface area contributed by atoms with Crippen molar-refractivity contribution in [2.75, 3.05) is 6.61 Å². The van der Waals surface area contributed by atoms with Crippen molar-refractivity contribution < 1.29 is 4.74 Å². The second-order valence-corrected chi connectivity index (χ2v) is 6.80. The summed E-state index contributed by atoms with van der Waals surface area (Å²) in [5.74, 6) is 0. The smallest absolute Gasteiger partial charge is 0.323 e. The van der Waals surface area contributed by atoms with Gasteiger partial charge in [-0.25, -0.2) is 4.79 Å². The molecule has 2 aromatic rings. The van der Waals surface area contributed by atoms with E-state index in [0.717, 1.165) is 46.9 Å². The van der Waals surface area contributed by atoms with Crippen LogP contribution in [-0.4, -0.2) is 22.7 Å². The van der Waals surface area contributed by atoms with E-state index in [-0.39, 0.29) is 10.5 Å². The zero-order valence-electron chi connectivity index (χ0n) is 10.2. The molecule has 0 radical (unpaired) electrons. The first-order chi connectivity index (χ1) is 9.13. The van der Waals surface area contributed by atoms with Crippen LogP contribution in [0.2, 0.25) is 0 Å². The molecular formula is C13H14Br2N2O2. The Morgan fingerprint density at radius 2 is 2.11 bits per heavy atom. The quantitative estimate of drug-likeness (QED) is 0.787. The number of aromatic nitrogens is 2. The molecule has 1 aromatic heterocycles. The van der Waals surface area contributed by atoms with E-state index in [9.17, 15) is 4.79 Å². The van der Waals surface area contributed by atoms with Crippen LogP contribution in [0.1, 0.15) is 29.7 Å². The van der Waals surface area contributed by atoms with Crippen LogP contribution in [-0.2, 0) is 4.74 Å². The summed E-state index contributed by atoms with van der Waals surface area (Å²) in [6.45, 7) is 0.871. The highest BCUT2D eigenvalue weighted by molar-refractivity contribution is 9.11. The van der Waals surface area contributed by atoms with Gasteiger partial charge in [0.25, 0.3) is 0 Å². The summed E-state index contributed by atoms with van der Waals surface area (Å²) >= 11 is 7.30. The van der Waals surface area contributed by atoms with E-state index >= 15 is 0 Å². The molecule has 1 aliphatic heterocycles. The van der Waals surface area contributed by atoms with Gasteiger partial charge in [0.15, 0.2) is 0 Å². The number of fused-ring (bicyclic) bond motifs is 1. The third kappa shape index (κ3) is 2.80. The second kappa shape index (κ2) is 5.42. The number of halogens is 2. The number of imidazole rings is 1. The molecule has 1 saturated heterocycles. The lowest BCUT2D eigenvalue weighted by Gasteiger charge is -2.16. The Morgan fingerprint density at radius 1 is 1.37 bits per heavy atom. The maximum Gasteiger partial charge on any atom is 0.323 e. The number of ether oxygens (including phenoxy) is 1. The van der Waals surface area contributed by atoms with Crippen molar-refractivity contribution in [3.05, 3.63) is 32.7 Å². The molecule has 1 aliphatic rings. The van der Waals surface area contributed by atoms with Gasteiger partial charge in [-0.3, -0.25) is 0 Å². The number of hydrogen-bond acceptors (Lipinski definition) is 2. The lowest BCUT2D eigenvalue weighted by atomic mass is 10.0. The Bertz CT molecular complexity index is 644. The van der Waals surface area contributed by atoms with Crippen molar-refractivity contribution in [2.45, 2.75) is 30.2 Å². The van der Waals surface area contributed by atoms with Crippen LogP contribution < -0.4 is 5.69 Å². The van der Waals surface area contributed by atoms with Crippen molar-refractivity contribution in [3.63, 3.8) is 0 Å². The SMILES string of the molecule is O=c1[nH]c2cc(Br)c(C(Br)CC3CCCO3)cc2[nH]1. The Morgan fingerprint density at radius 3 is 2.79 bits per heavy atom. The lowest BCUT2D eigenvalue weighted by molar-refractivity contribution is 0.104. The Balaban J connectivity index is 1.89. The summed E-state index contributed by atoms with van der Waals surface area (Å²) in [6, 6.07) is 3.94. The molecule has 1 fully saturated rings. The van der Waals surface area contributed by atoms with Crippen molar-refractivity contribution in [3.8, 4) is 0 Å². The van der Waals surface area contributed by atoms with Gasteiger partial charge < -0.3 is 14.7 Å². The molecule has 1 aromatic carbocycles. The summed E-state index contributed by atoms with van der Waals surface area (Å²) in [5, 5.41) is 0. The number of hydrogen-bond donors (Lipinski definition) is 2. The summed E-state index contributed by atoms with van der Waals surface area (Å²) < 4.78 is 6.66. The molecule has 2 atom stereocenters. The Labute approximate surface area is 127 Å². The lowest BCUT2D eigenvalue weighted by Crippen LogP contribution is -2.08. The fraction of sp³-hybridized carbons (Fsp3) is 0.462. The number of alkyl halides is 1. The minimum absolute atomic E-state index is 0.177. The molecule has 3 rings (SSSR count). The third-order valence-electron chi connectivity index (χ3n) is 3.46. The molecule has 2 heterocycles. The normalized spacial score (nSPS) is 21.1. The Kier molecular flexibility index (Phi) is 3.82. The first-order valence-electron chi connectivity index (χ1n) is 6.30. The molecule has 2 unspecified atom stereocenters. The molecular weight excluding hydrogens is 376 g/mol. The van der Waals surface area contributed by atoms with Crippen LogP contribution in [0.5, 0.6) is 0 Å². The van der Waals surface area contributed by atoms with E-state index in [0.29, 0.717) is 6.10 Å². The fourth-order valence-electron chi connectivity index (χ4n) is 2.50. The van der Waals surface area contributed by atoms with Gasteiger partial charge in [-0.15, -0.1) is 0 Å². The number of aromatic amines is 2. The van der Waals surface area contributed by atoms with Crippen LogP contribution in [0.25, 0.3) is 11.0 Å². The summed E-state index contributed by atoms with van der Waals surface area (Å²) in [5.41, 5.74) is 2.61. The topological polar surface area (TPSA) is 57.9 Å². The zero-order chi connectivity index (χ0) is 13.4. The highest BCUT2D eigenvalue weighted by atomic mass is 79.9. The first kappa shape index (κ1) is 13.4. The molecule has 0 saturated carbocycles. The van der Waals surface area contributed by atoms with Gasteiger partial charge in [0.2, 0.25) is 0 Å². The zero-order valence-corrected chi connectivity index (χ0v) is 13.4. The molecule has 19 heavy (non-hydrogen) atoms. The van der Waals surface area contributed by atoms with E-state index in [2.05, 4.69) is 41.8 Å². The monoisotopic (exact) mass is 388 g/mol. The minimum atomic E-state index is -0.177. The maximum atomic E-state index is 11.3. The third-order valence-corrected chi connectivity index (χ3v) is 5.02. The van der Waals surface area contributed by atoms with Crippen molar-refractivity contribution in [1.29, 1.82) is 0 Å². The van der Waals surface area contributed by atoms with Gasteiger partial charge in [-0.05, 0) is 37.0 Å². The van der Waals surface area contributed by atoms with E-state index in [4.69, 9.17) is 4.74 Å². The van der Waals surface area contributed by atoms with E-state index < -0.39 is 0 Å². The first-order valence-corrected chi connectivity index (χ1v) is 8.01. The van der Waals surface area contributed by atoms with Crippen LogP contribution >= 0.6 is 31.9 Å². The highest BCUT2D eigenvalue weighted by Crippen LogP contribution is 2.37. The largest absolute Gasteiger partial charge is 0.378 e. The van der Waals surface area contributed by atoms with E-state index in [1.807, 2.05) is 12.1 Å². The maximum absolute atomic E-state index is 11.3. The summed E-state index contributed by atoms with van der Waals surface area (Å²) in [7, 11) is 0. The molecule has 0 spiro atoms. The number of H-pyrrole nitrogens is 2. The molecule has 2 N–H and O–H groups in total. The van der Waals surface area contributed by atoms with Crippen LogP contribution in [0, 0.1) is 0 Å². The molecule has 0 bridgehead atoms. The van der Waals surface area contributed by atoms with E-state index in [1.54, 1.807) is 0 Å². The molecule has 0 amide bonds. The van der Waals surface area contributed by atoms with Crippen molar-refractivity contribution in [1.82, 2.24) is 9.97 Å². The summed E-state index contributed by atoms with van der Waals surface area (Å²) in [4.78, 5) is 17.1. The summed E-state index contributed by atoms with van der Waals surface area (Å²) in [6.07, 6.45) is 3.55. The highest BCUT2D eigenvalue weighted by Gasteiger charge is 2.22. The van der Waals surface area contributed by atoms with E-state index in [1.165, 1.54) is 0 Å². The van der Waals surface area contributed by atoms with Crippen LogP contribution in [0.3, 0.4) is 0 Å². The van der Waals surface area contributed by atoms with Gasteiger partial charge in [0, 0.05) is 15.9 Å². The van der Waals surface area contributed by atoms with Gasteiger partial charge >= 0.3 is 5.69 Å². The van der Waals surface area contributed by atoms with Crippen molar-refractivity contribution >= 4 is 42.9 Å². The number of rotatable bonds is 3. The molecule has 4 nitrogen and oxygen atoms in total. The fourth-order valence-corrected chi connectivity index (χ4v) is 4.22. The van der Waals surface area contributed by atoms with Crippen molar-refractivity contribution in [2.24, 2.45) is 0 Å². The van der Waals surface area contributed by atoms with Gasteiger partial charge in [-0.2, -0.15) is 0 Å². The molecule has 6 heteroatoms. The average Bonchev–Trinajstić information content (AvgIpc) is 2.96. The van der Waals surface area contributed by atoms with Crippen LogP contribution in [0.4, 0.5) is 0 Å². The minimum Gasteiger partial charge on any atom is -0.378 e.